The molecule has 29 heavy (non-hydrogen) atoms. The van der Waals surface area contributed by atoms with E-state index in [-0.39, 0.29) is 23.2 Å². The summed E-state index contributed by atoms with van der Waals surface area (Å²) in [7, 11) is 0. The van der Waals surface area contributed by atoms with Crippen molar-refractivity contribution in [1.29, 1.82) is 0 Å². The Morgan fingerprint density at radius 2 is 1.93 bits per heavy atom. The van der Waals surface area contributed by atoms with Crippen LogP contribution in [0.5, 0.6) is 0 Å². The Balaban J connectivity index is 1.65. The summed E-state index contributed by atoms with van der Waals surface area (Å²) < 4.78 is 5.23. The zero-order valence-corrected chi connectivity index (χ0v) is 17.1. The Kier molecular flexibility index (Phi) is 6.71. The molecule has 0 aromatic heterocycles. The van der Waals surface area contributed by atoms with Gasteiger partial charge in [0.1, 0.15) is 0 Å². The summed E-state index contributed by atoms with van der Waals surface area (Å²) in [5, 5.41) is 14.1. The fraction of sp³-hybridized carbons (Fsp3) is 0.619. The molecular formula is C21H29N3O5. The Hall–Kier alpha value is -2.64. The molecule has 1 heterocycles. The minimum absolute atomic E-state index is 0.0860. The molecule has 0 radical (unpaired) electrons. The lowest BCUT2D eigenvalue weighted by Crippen LogP contribution is -2.45. The fourth-order valence-electron chi connectivity index (χ4n) is 4.28. The summed E-state index contributed by atoms with van der Waals surface area (Å²) in [6.45, 7) is 5.50. The molecule has 0 spiro atoms. The van der Waals surface area contributed by atoms with Crippen LogP contribution in [0.25, 0.3) is 0 Å². The van der Waals surface area contributed by atoms with Crippen molar-refractivity contribution in [3.63, 3.8) is 0 Å². The van der Waals surface area contributed by atoms with Gasteiger partial charge in [-0.15, -0.1) is 0 Å². The Morgan fingerprint density at radius 1 is 1.21 bits per heavy atom. The molecule has 1 aliphatic carbocycles. The van der Waals surface area contributed by atoms with Crippen LogP contribution in [0.1, 0.15) is 56.3 Å². The SMILES string of the molecule is CC1CCCC(NC(=O)COC(=O)c2cc([N+](=O)[O-])ccc2N2CCCC2)C1C. The summed E-state index contributed by atoms with van der Waals surface area (Å²) in [5.41, 5.74) is 0.580. The van der Waals surface area contributed by atoms with Crippen molar-refractivity contribution < 1.29 is 19.2 Å². The van der Waals surface area contributed by atoms with Gasteiger partial charge in [0.05, 0.1) is 16.2 Å². The van der Waals surface area contributed by atoms with Crippen LogP contribution >= 0.6 is 0 Å². The molecule has 158 valence electrons. The number of carbonyl (C=O) groups is 2. The third-order valence-electron chi connectivity index (χ3n) is 6.25. The number of nitrogens with zero attached hydrogens (tertiary/aromatic N) is 2. The van der Waals surface area contributed by atoms with Gasteiger partial charge in [-0.25, -0.2) is 4.79 Å². The van der Waals surface area contributed by atoms with Crippen molar-refractivity contribution in [3.8, 4) is 0 Å². The van der Waals surface area contributed by atoms with Gasteiger partial charge < -0.3 is 15.0 Å². The molecule has 1 N–H and O–H groups in total. The van der Waals surface area contributed by atoms with Gasteiger partial charge in [-0.2, -0.15) is 0 Å². The fourth-order valence-corrected chi connectivity index (χ4v) is 4.28. The van der Waals surface area contributed by atoms with Crippen LogP contribution in [0.4, 0.5) is 11.4 Å². The third-order valence-corrected chi connectivity index (χ3v) is 6.25. The summed E-state index contributed by atoms with van der Waals surface area (Å²) in [4.78, 5) is 37.6. The summed E-state index contributed by atoms with van der Waals surface area (Å²) >= 11 is 0. The van der Waals surface area contributed by atoms with Crippen molar-refractivity contribution in [2.45, 2.75) is 52.0 Å². The number of ether oxygens (including phenoxy) is 1. The van der Waals surface area contributed by atoms with Crippen LogP contribution < -0.4 is 10.2 Å². The van der Waals surface area contributed by atoms with E-state index < -0.39 is 17.5 Å². The Labute approximate surface area is 170 Å². The highest BCUT2D eigenvalue weighted by Crippen LogP contribution is 2.30. The van der Waals surface area contributed by atoms with Gasteiger partial charge in [-0.3, -0.25) is 14.9 Å². The minimum Gasteiger partial charge on any atom is -0.452 e. The number of esters is 1. The van der Waals surface area contributed by atoms with E-state index in [1.54, 1.807) is 6.07 Å². The highest BCUT2D eigenvalue weighted by atomic mass is 16.6. The van der Waals surface area contributed by atoms with Gasteiger partial charge in [0, 0.05) is 31.3 Å². The second-order valence-corrected chi connectivity index (χ2v) is 8.17. The number of hydrogen-bond donors (Lipinski definition) is 1. The van der Waals surface area contributed by atoms with E-state index in [1.807, 2.05) is 4.90 Å². The lowest BCUT2D eigenvalue weighted by molar-refractivity contribution is -0.384. The number of nitro benzene ring substituents is 1. The lowest BCUT2D eigenvalue weighted by atomic mass is 9.78. The lowest BCUT2D eigenvalue weighted by Gasteiger charge is -2.34. The molecule has 1 saturated heterocycles. The van der Waals surface area contributed by atoms with E-state index in [9.17, 15) is 19.7 Å². The minimum atomic E-state index is -0.712. The number of anilines is 1. The molecule has 2 aliphatic rings. The molecule has 8 heteroatoms. The molecule has 8 nitrogen and oxygen atoms in total. The largest absolute Gasteiger partial charge is 0.452 e. The number of rotatable bonds is 6. The molecule has 1 saturated carbocycles. The Morgan fingerprint density at radius 3 is 2.62 bits per heavy atom. The van der Waals surface area contributed by atoms with Gasteiger partial charge in [-0.05, 0) is 37.2 Å². The quantitative estimate of drug-likeness (QED) is 0.444. The van der Waals surface area contributed by atoms with E-state index in [0.717, 1.165) is 45.2 Å². The summed E-state index contributed by atoms with van der Waals surface area (Å²) in [6, 6.07) is 4.30. The number of non-ortho nitro benzene ring substituents is 1. The Bertz CT molecular complexity index is 776. The number of nitro groups is 1. The molecule has 0 bridgehead atoms. The van der Waals surface area contributed by atoms with Crippen LogP contribution in [0.2, 0.25) is 0 Å². The maximum absolute atomic E-state index is 12.7. The predicted octanol–water partition coefficient (Wildman–Crippen LogP) is 3.29. The van der Waals surface area contributed by atoms with Crippen LogP contribution in [-0.4, -0.2) is 42.5 Å². The van der Waals surface area contributed by atoms with Gasteiger partial charge in [0.15, 0.2) is 6.61 Å². The first kappa shape index (κ1) is 21.1. The van der Waals surface area contributed by atoms with E-state index in [2.05, 4.69) is 19.2 Å². The van der Waals surface area contributed by atoms with E-state index in [0.29, 0.717) is 17.5 Å². The van der Waals surface area contributed by atoms with Crippen LogP contribution in [-0.2, 0) is 9.53 Å². The number of hydrogen-bond acceptors (Lipinski definition) is 6. The van der Waals surface area contributed by atoms with Crippen LogP contribution in [0.3, 0.4) is 0 Å². The molecule has 1 aromatic carbocycles. The maximum atomic E-state index is 12.7. The first-order valence-electron chi connectivity index (χ1n) is 10.4. The van der Waals surface area contributed by atoms with Gasteiger partial charge in [0.25, 0.3) is 11.6 Å². The smallest absolute Gasteiger partial charge is 0.341 e. The average molecular weight is 403 g/mol. The van der Waals surface area contributed by atoms with Crippen molar-refractivity contribution in [2.75, 3.05) is 24.6 Å². The molecular weight excluding hydrogens is 374 g/mol. The number of benzene rings is 1. The summed E-state index contributed by atoms with van der Waals surface area (Å²) in [5.74, 6) is -0.125. The number of nitrogens with one attached hydrogen (secondary N) is 1. The first-order chi connectivity index (χ1) is 13.9. The topological polar surface area (TPSA) is 102 Å². The highest BCUT2D eigenvalue weighted by Gasteiger charge is 2.29. The molecule has 3 unspecified atom stereocenters. The molecule has 1 aromatic rings. The van der Waals surface area contributed by atoms with Crippen LogP contribution in [0.15, 0.2) is 18.2 Å². The molecule has 2 fully saturated rings. The van der Waals surface area contributed by atoms with Crippen molar-refractivity contribution in [3.05, 3.63) is 33.9 Å². The molecule has 3 atom stereocenters. The monoisotopic (exact) mass is 403 g/mol. The highest BCUT2D eigenvalue weighted by molar-refractivity contribution is 5.97. The molecule has 1 amide bonds. The molecule has 3 rings (SSSR count). The van der Waals surface area contributed by atoms with Crippen molar-refractivity contribution in [1.82, 2.24) is 5.32 Å². The van der Waals surface area contributed by atoms with Gasteiger partial charge in [-0.1, -0.05) is 26.7 Å². The van der Waals surface area contributed by atoms with Crippen molar-refractivity contribution in [2.24, 2.45) is 11.8 Å². The van der Waals surface area contributed by atoms with E-state index in [4.69, 9.17) is 4.74 Å². The van der Waals surface area contributed by atoms with Crippen LogP contribution in [0, 0.1) is 22.0 Å². The van der Waals surface area contributed by atoms with E-state index >= 15 is 0 Å². The number of amides is 1. The van der Waals surface area contributed by atoms with Crippen molar-refractivity contribution >= 4 is 23.3 Å². The second-order valence-electron chi connectivity index (χ2n) is 8.17. The molecule has 1 aliphatic heterocycles. The summed E-state index contributed by atoms with van der Waals surface area (Å²) in [6.07, 6.45) is 5.17. The van der Waals surface area contributed by atoms with E-state index in [1.165, 1.54) is 12.1 Å². The van der Waals surface area contributed by atoms with Gasteiger partial charge >= 0.3 is 5.97 Å². The average Bonchev–Trinajstić information content (AvgIpc) is 3.24. The first-order valence-corrected chi connectivity index (χ1v) is 10.4. The standard InChI is InChI=1S/C21H29N3O5/c1-14-6-5-7-18(15(14)2)22-20(25)13-29-21(26)17-12-16(24(27)28)8-9-19(17)23-10-3-4-11-23/h8-9,12,14-15,18H,3-7,10-11,13H2,1-2H3,(H,22,25). The maximum Gasteiger partial charge on any atom is 0.341 e. The zero-order chi connectivity index (χ0) is 21.0. The number of carbonyl (C=O) groups excluding carboxylic acids is 2. The zero-order valence-electron chi connectivity index (χ0n) is 17.1. The van der Waals surface area contributed by atoms with Gasteiger partial charge in [0.2, 0.25) is 0 Å². The third kappa shape index (κ3) is 5.05. The normalized spacial score (nSPS) is 24.2. The second kappa shape index (κ2) is 9.24. The predicted molar refractivity (Wildman–Crippen MR) is 109 cm³/mol.